The molecule has 2 fully saturated rings. The normalized spacial score (nSPS) is 25.9. The van der Waals surface area contributed by atoms with E-state index in [0.29, 0.717) is 6.04 Å². The summed E-state index contributed by atoms with van der Waals surface area (Å²) in [5.74, 6) is 1.77. The van der Waals surface area contributed by atoms with E-state index in [9.17, 15) is 0 Å². The van der Waals surface area contributed by atoms with Gasteiger partial charge in [0, 0.05) is 25.7 Å². The van der Waals surface area contributed by atoms with Gasteiger partial charge in [-0.2, -0.15) is 0 Å². The third-order valence-electron chi connectivity index (χ3n) is 4.60. The van der Waals surface area contributed by atoms with Crippen molar-refractivity contribution in [1.29, 1.82) is 0 Å². The average Bonchev–Trinajstić information content (AvgIpc) is 2.98. The van der Waals surface area contributed by atoms with E-state index in [2.05, 4.69) is 29.4 Å². The van der Waals surface area contributed by atoms with Crippen molar-refractivity contribution in [3.8, 4) is 0 Å². The Balaban J connectivity index is 1.81. The zero-order valence-corrected chi connectivity index (χ0v) is 13.3. The Bertz CT molecular complexity index is 297. The Kier molecular flexibility index (Phi) is 6.64. The van der Waals surface area contributed by atoms with Crippen LogP contribution in [0.3, 0.4) is 0 Å². The van der Waals surface area contributed by atoms with Gasteiger partial charge in [0.25, 0.3) is 0 Å². The van der Waals surface area contributed by atoms with Crippen molar-refractivity contribution in [3.63, 3.8) is 0 Å². The monoisotopic (exact) mass is 280 g/mol. The molecule has 1 aliphatic heterocycles. The van der Waals surface area contributed by atoms with Gasteiger partial charge in [-0.15, -0.1) is 0 Å². The first kappa shape index (κ1) is 15.6. The molecule has 2 aliphatic rings. The second-order valence-electron chi connectivity index (χ2n) is 6.25. The van der Waals surface area contributed by atoms with E-state index >= 15 is 0 Å². The molecule has 4 heteroatoms. The standard InChI is InChI=1S/C16H32N4/c1-3-17-16(19-15-9-5-6-10-15)18-12-14-8-7-11-20(4-2)13-14/h14-15H,3-13H2,1-2H3,(H2,17,18,19). The molecule has 2 rings (SSSR count). The van der Waals surface area contributed by atoms with E-state index in [0.717, 1.165) is 25.0 Å². The van der Waals surface area contributed by atoms with Crippen LogP contribution in [0.25, 0.3) is 0 Å². The van der Waals surface area contributed by atoms with Gasteiger partial charge in [-0.25, -0.2) is 0 Å². The van der Waals surface area contributed by atoms with Crippen LogP contribution in [0.1, 0.15) is 52.4 Å². The lowest BCUT2D eigenvalue weighted by Crippen LogP contribution is -2.43. The summed E-state index contributed by atoms with van der Waals surface area (Å²) in [5.41, 5.74) is 0. The van der Waals surface area contributed by atoms with Crippen LogP contribution in [0, 0.1) is 5.92 Å². The Hall–Kier alpha value is -0.770. The summed E-state index contributed by atoms with van der Waals surface area (Å²) < 4.78 is 0. The molecule has 1 saturated heterocycles. The predicted molar refractivity (Wildman–Crippen MR) is 86.2 cm³/mol. The molecule has 2 N–H and O–H groups in total. The van der Waals surface area contributed by atoms with Crippen LogP contribution in [-0.4, -0.2) is 49.6 Å². The van der Waals surface area contributed by atoms with Crippen LogP contribution in [0.4, 0.5) is 0 Å². The van der Waals surface area contributed by atoms with Gasteiger partial charge in [0.2, 0.25) is 0 Å². The highest BCUT2D eigenvalue weighted by Gasteiger charge is 2.19. The molecular formula is C16H32N4. The second kappa shape index (κ2) is 8.50. The highest BCUT2D eigenvalue weighted by Crippen LogP contribution is 2.18. The topological polar surface area (TPSA) is 39.7 Å². The maximum absolute atomic E-state index is 4.84. The summed E-state index contributed by atoms with van der Waals surface area (Å²) in [7, 11) is 0. The highest BCUT2D eigenvalue weighted by atomic mass is 15.2. The fourth-order valence-electron chi connectivity index (χ4n) is 3.39. The fourth-order valence-corrected chi connectivity index (χ4v) is 3.39. The lowest BCUT2D eigenvalue weighted by atomic mass is 9.98. The van der Waals surface area contributed by atoms with Gasteiger partial charge < -0.3 is 15.5 Å². The first-order valence-corrected chi connectivity index (χ1v) is 8.59. The minimum Gasteiger partial charge on any atom is -0.357 e. The average molecular weight is 280 g/mol. The van der Waals surface area contributed by atoms with Gasteiger partial charge in [0.15, 0.2) is 5.96 Å². The van der Waals surface area contributed by atoms with Crippen LogP contribution in [0.15, 0.2) is 4.99 Å². The molecule has 1 unspecified atom stereocenters. The van der Waals surface area contributed by atoms with Gasteiger partial charge in [0.05, 0.1) is 0 Å². The minimum absolute atomic E-state index is 0.645. The third kappa shape index (κ3) is 4.97. The van der Waals surface area contributed by atoms with E-state index in [1.54, 1.807) is 0 Å². The molecule has 0 aromatic rings. The number of likely N-dealkylation sites (tertiary alicyclic amines) is 1. The summed E-state index contributed by atoms with van der Waals surface area (Å²) in [5, 5.41) is 7.01. The number of hydrogen-bond acceptors (Lipinski definition) is 2. The summed E-state index contributed by atoms with van der Waals surface area (Å²) in [4.78, 5) is 7.39. The molecule has 0 aromatic heterocycles. The van der Waals surface area contributed by atoms with Crippen LogP contribution in [0.2, 0.25) is 0 Å². The zero-order valence-electron chi connectivity index (χ0n) is 13.3. The zero-order chi connectivity index (χ0) is 14.2. The number of hydrogen-bond donors (Lipinski definition) is 2. The minimum atomic E-state index is 0.645. The SMILES string of the molecule is CCNC(=NCC1CCCN(CC)C1)NC1CCCC1. The van der Waals surface area contributed by atoms with E-state index < -0.39 is 0 Å². The summed E-state index contributed by atoms with van der Waals surface area (Å²) in [6, 6.07) is 0.645. The molecule has 0 amide bonds. The molecule has 4 nitrogen and oxygen atoms in total. The van der Waals surface area contributed by atoms with Crippen molar-refractivity contribution in [2.45, 2.75) is 58.4 Å². The fraction of sp³-hybridized carbons (Fsp3) is 0.938. The first-order valence-electron chi connectivity index (χ1n) is 8.59. The molecule has 1 atom stereocenters. The van der Waals surface area contributed by atoms with E-state index in [1.807, 2.05) is 0 Å². The van der Waals surface area contributed by atoms with Gasteiger partial charge in [-0.1, -0.05) is 19.8 Å². The summed E-state index contributed by atoms with van der Waals surface area (Å²) in [6.45, 7) is 10.0. The largest absolute Gasteiger partial charge is 0.357 e. The molecule has 20 heavy (non-hydrogen) atoms. The van der Waals surface area contributed by atoms with Crippen LogP contribution in [-0.2, 0) is 0 Å². The van der Waals surface area contributed by atoms with Crippen LogP contribution in [0.5, 0.6) is 0 Å². The second-order valence-corrected chi connectivity index (χ2v) is 6.25. The first-order chi connectivity index (χ1) is 9.81. The van der Waals surface area contributed by atoms with E-state index in [1.165, 1.54) is 58.2 Å². The number of guanidine groups is 1. The number of rotatable bonds is 5. The van der Waals surface area contributed by atoms with Crippen molar-refractivity contribution < 1.29 is 0 Å². The third-order valence-corrected chi connectivity index (χ3v) is 4.60. The van der Waals surface area contributed by atoms with Crippen molar-refractivity contribution in [1.82, 2.24) is 15.5 Å². The van der Waals surface area contributed by atoms with Crippen LogP contribution < -0.4 is 10.6 Å². The molecule has 1 aliphatic carbocycles. The van der Waals surface area contributed by atoms with E-state index in [4.69, 9.17) is 4.99 Å². The number of nitrogens with one attached hydrogen (secondary N) is 2. The van der Waals surface area contributed by atoms with Gasteiger partial charge in [-0.05, 0) is 51.6 Å². The van der Waals surface area contributed by atoms with Crippen molar-refractivity contribution in [3.05, 3.63) is 0 Å². The summed E-state index contributed by atoms with van der Waals surface area (Å²) in [6.07, 6.45) is 8.01. The molecule has 0 radical (unpaired) electrons. The predicted octanol–water partition coefficient (Wildman–Crippen LogP) is 2.22. The lowest BCUT2D eigenvalue weighted by Gasteiger charge is -2.31. The maximum Gasteiger partial charge on any atom is 0.191 e. The van der Waals surface area contributed by atoms with E-state index in [-0.39, 0.29) is 0 Å². The van der Waals surface area contributed by atoms with Crippen molar-refractivity contribution in [2.75, 3.05) is 32.7 Å². The van der Waals surface area contributed by atoms with Crippen molar-refractivity contribution in [2.24, 2.45) is 10.9 Å². The molecular weight excluding hydrogens is 248 g/mol. The van der Waals surface area contributed by atoms with Gasteiger partial charge >= 0.3 is 0 Å². The number of nitrogens with zero attached hydrogens (tertiary/aromatic N) is 2. The smallest absolute Gasteiger partial charge is 0.191 e. The Morgan fingerprint density at radius 2 is 1.95 bits per heavy atom. The van der Waals surface area contributed by atoms with Gasteiger partial charge in [0.1, 0.15) is 0 Å². The van der Waals surface area contributed by atoms with Crippen molar-refractivity contribution >= 4 is 5.96 Å². The maximum atomic E-state index is 4.84. The quantitative estimate of drug-likeness (QED) is 0.599. The Morgan fingerprint density at radius 3 is 2.65 bits per heavy atom. The summed E-state index contributed by atoms with van der Waals surface area (Å²) >= 11 is 0. The van der Waals surface area contributed by atoms with Crippen LogP contribution >= 0.6 is 0 Å². The molecule has 116 valence electrons. The molecule has 1 saturated carbocycles. The number of piperidine rings is 1. The Morgan fingerprint density at radius 1 is 1.15 bits per heavy atom. The molecule has 0 aromatic carbocycles. The molecule has 0 bridgehead atoms. The number of aliphatic imine (C=N–C) groups is 1. The molecule has 1 heterocycles. The molecule has 0 spiro atoms. The highest BCUT2D eigenvalue weighted by molar-refractivity contribution is 5.80. The van der Waals surface area contributed by atoms with Gasteiger partial charge in [-0.3, -0.25) is 4.99 Å². The Labute approximate surface area is 124 Å². The lowest BCUT2D eigenvalue weighted by molar-refractivity contribution is 0.186.